The Morgan fingerprint density at radius 2 is 2.00 bits per heavy atom. The van der Waals surface area contributed by atoms with Gasteiger partial charge in [-0.1, -0.05) is 19.3 Å². The zero-order valence-corrected chi connectivity index (χ0v) is 8.92. The number of ether oxygens (including phenoxy) is 1. The van der Waals surface area contributed by atoms with Crippen LogP contribution in [0.1, 0.15) is 51.9 Å². The van der Waals surface area contributed by atoms with Crippen molar-refractivity contribution in [2.75, 3.05) is 6.61 Å². The molecule has 0 heterocycles. The number of carbonyl (C=O) groups is 1. The summed E-state index contributed by atoms with van der Waals surface area (Å²) in [6.45, 7) is 2.23. The first-order chi connectivity index (χ1) is 6.66. The fraction of sp³-hybridized carbons (Fsp3) is 0.909. The molecular weight excluding hydrogens is 180 g/mol. The molecule has 0 saturated heterocycles. The maximum atomic E-state index is 11.1. The highest BCUT2D eigenvalue weighted by Gasteiger charge is 2.29. The average molecular weight is 200 g/mol. The van der Waals surface area contributed by atoms with Gasteiger partial charge in [0.1, 0.15) is 0 Å². The molecule has 0 bridgehead atoms. The maximum Gasteiger partial charge on any atom is 0.305 e. The Morgan fingerprint density at radius 3 is 2.57 bits per heavy atom. The van der Waals surface area contributed by atoms with Crippen molar-refractivity contribution in [1.82, 2.24) is 0 Å². The first-order valence-electron chi connectivity index (χ1n) is 5.54. The Hall–Kier alpha value is -0.570. The van der Waals surface area contributed by atoms with Gasteiger partial charge in [-0.2, -0.15) is 0 Å². The lowest BCUT2D eigenvalue weighted by Crippen LogP contribution is -2.32. The van der Waals surface area contributed by atoms with E-state index < -0.39 is 5.60 Å². The normalized spacial score (nSPS) is 20.4. The average Bonchev–Trinajstić information content (AvgIpc) is 2.17. The Morgan fingerprint density at radius 1 is 1.36 bits per heavy atom. The molecule has 1 aliphatic carbocycles. The minimum absolute atomic E-state index is 0.188. The Kier molecular flexibility index (Phi) is 4.39. The minimum Gasteiger partial charge on any atom is -0.466 e. The first-order valence-corrected chi connectivity index (χ1v) is 5.54. The number of carbonyl (C=O) groups excluding carboxylic acids is 1. The van der Waals surface area contributed by atoms with Crippen LogP contribution in [0.25, 0.3) is 0 Å². The van der Waals surface area contributed by atoms with Crippen LogP contribution in [0.15, 0.2) is 0 Å². The van der Waals surface area contributed by atoms with Gasteiger partial charge in [-0.3, -0.25) is 4.79 Å². The van der Waals surface area contributed by atoms with Crippen LogP contribution in [0.5, 0.6) is 0 Å². The van der Waals surface area contributed by atoms with Gasteiger partial charge >= 0.3 is 5.97 Å². The zero-order valence-electron chi connectivity index (χ0n) is 8.92. The van der Waals surface area contributed by atoms with Crippen LogP contribution in [0.3, 0.4) is 0 Å². The highest BCUT2D eigenvalue weighted by atomic mass is 16.5. The topological polar surface area (TPSA) is 46.5 Å². The molecular formula is C11H20O3. The molecule has 0 aromatic heterocycles. The quantitative estimate of drug-likeness (QED) is 0.706. The van der Waals surface area contributed by atoms with Crippen molar-refractivity contribution in [3.05, 3.63) is 0 Å². The van der Waals surface area contributed by atoms with E-state index in [1.807, 2.05) is 0 Å². The van der Waals surface area contributed by atoms with Gasteiger partial charge in [0, 0.05) is 6.42 Å². The lowest BCUT2D eigenvalue weighted by atomic mass is 9.82. The van der Waals surface area contributed by atoms with Gasteiger partial charge in [-0.15, -0.1) is 0 Å². The van der Waals surface area contributed by atoms with Crippen LogP contribution >= 0.6 is 0 Å². The summed E-state index contributed by atoms with van der Waals surface area (Å²) in [6, 6.07) is 0. The zero-order chi connectivity index (χ0) is 10.4. The molecule has 0 aromatic rings. The summed E-state index contributed by atoms with van der Waals surface area (Å²) in [5.41, 5.74) is -0.592. The summed E-state index contributed by atoms with van der Waals surface area (Å²) in [5, 5.41) is 10.1. The molecule has 0 unspecified atom stereocenters. The van der Waals surface area contributed by atoms with Crippen LogP contribution in [0.4, 0.5) is 0 Å². The number of hydrogen-bond acceptors (Lipinski definition) is 3. The highest BCUT2D eigenvalue weighted by Crippen LogP contribution is 2.31. The van der Waals surface area contributed by atoms with Gasteiger partial charge in [0.15, 0.2) is 0 Å². The molecule has 1 N–H and O–H groups in total. The summed E-state index contributed by atoms with van der Waals surface area (Å²) in [4.78, 5) is 11.1. The number of hydrogen-bond donors (Lipinski definition) is 1. The van der Waals surface area contributed by atoms with Crippen molar-refractivity contribution >= 4 is 5.97 Å². The van der Waals surface area contributed by atoms with E-state index in [1.54, 1.807) is 6.92 Å². The van der Waals surface area contributed by atoms with Crippen LogP contribution < -0.4 is 0 Å². The fourth-order valence-corrected chi connectivity index (χ4v) is 2.03. The lowest BCUT2D eigenvalue weighted by molar-refractivity contribution is -0.145. The van der Waals surface area contributed by atoms with Crippen LogP contribution in [0, 0.1) is 0 Å². The van der Waals surface area contributed by atoms with Crippen molar-refractivity contribution in [2.24, 2.45) is 0 Å². The summed E-state index contributed by atoms with van der Waals surface area (Å²) in [7, 11) is 0. The first kappa shape index (κ1) is 11.5. The molecule has 0 aromatic carbocycles. The summed E-state index contributed by atoms with van der Waals surface area (Å²) in [5.74, 6) is -0.188. The van der Waals surface area contributed by atoms with Crippen LogP contribution in [-0.4, -0.2) is 23.3 Å². The van der Waals surface area contributed by atoms with Gasteiger partial charge in [-0.05, 0) is 26.2 Å². The predicted molar refractivity (Wildman–Crippen MR) is 53.9 cm³/mol. The molecule has 1 rings (SSSR count). The van der Waals surface area contributed by atoms with E-state index in [1.165, 1.54) is 6.42 Å². The molecule has 3 nitrogen and oxygen atoms in total. The van der Waals surface area contributed by atoms with E-state index in [0.29, 0.717) is 19.4 Å². The van der Waals surface area contributed by atoms with Crippen LogP contribution in [0.2, 0.25) is 0 Å². The second-order valence-corrected chi connectivity index (χ2v) is 4.09. The SMILES string of the molecule is CCOC(=O)CCC1(O)CCCCC1. The molecule has 0 spiro atoms. The molecule has 0 amide bonds. The maximum absolute atomic E-state index is 11.1. The minimum atomic E-state index is -0.592. The van der Waals surface area contributed by atoms with Crippen LogP contribution in [-0.2, 0) is 9.53 Å². The van der Waals surface area contributed by atoms with Gasteiger partial charge in [0.2, 0.25) is 0 Å². The van der Waals surface area contributed by atoms with E-state index in [4.69, 9.17) is 4.74 Å². The number of aliphatic hydroxyl groups is 1. The van der Waals surface area contributed by atoms with E-state index in [2.05, 4.69) is 0 Å². The smallest absolute Gasteiger partial charge is 0.305 e. The van der Waals surface area contributed by atoms with Crippen molar-refractivity contribution in [3.63, 3.8) is 0 Å². The number of esters is 1. The van der Waals surface area contributed by atoms with Crippen molar-refractivity contribution < 1.29 is 14.6 Å². The lowest BCUT2D eigenvalue weighted by Gasteiger charge is -2.31. The van der Waals surface area contributed by atoms with Crippen molar-refractivity contribution in [2.45, 2.75) is 57.5 Å². The molecule has 82 valence electrons. The Bertz CT molecular complexity index is 183. The van der Waals surface area contributed by atoms with Gasteiger partial charge in [-0.25, -0.2) is 0 Å². The third-order valence-corrected chi connectivity index (χ3v) is 2.88. The molecule has 14 heavy (non-hydrogen) atoms. The molecule has 0 aliphatic heterocycles. The van der Waals surface area contributed by atoms with Gasteiger partial charge in [0.05, 0.1) is 12.2 Å². The van der Waals surface area contributed by atoms with E-state index in [0.717, 1.165) is 25.7 Å². The largest absolute Gasteiger partial charge is 0.466 e. The Labute approximate surface area is 85.5 Å². The molecule has 1 saturated carbocycles. The highest BCUT2D eigenvalue weighted by molar-refractivity contribution is 5.69. The van der Waals surface area contributed by atoms with E-state index in [9.17, 15) is 9.90 Å². The fourth-order valence-electron chi connectivity index (χ4n) is 2.03. The van der Waals surface area contributed by atoms with Gasteiger partial charge < -0.3 is 9.84 Å². The Balaban J connectivity index is 2.24. The summed E-state index contributed by atoms with van der Waals surface area (Å²) < 4.78 is 4.83. The molecule has 1 fully saturated rings. The number of rotatable bonds is 4. The monoisotopic (exact) mass is 200 g/mol. The van der Waals surface area contributed by atoms with E-state index >= 15 is 0 Å². The summed E-state index contributed by atoms with van der Waals surface area (Å²) >= 11 is 0. The standard InChI is InChI=1S/C11H20O3/c1-2-14-10(12)6-9-11(13)7-4-3-5-8-11/h13H,2-9H2,1H3. The van der Waals surface area contributed by atoms with Gasteiger partial charge in [0.25, 0.3) is 0 Å². The summed E-state index contributed by atoms with van der Waals surface area (Å²) in [6.07, 6.45) is 5.97. The second-order valence-electron chi connectivity index (χ2n) is 4.09. The second kappa shape index (κ2) is 5.35. The third-order valence-electron chi connectivity index (χ3n) is 2.88. The van der Waals surface area contributed by atoms with Crippen molar-refractivity contribution in [1.29, 1.82) is 0 Å². The molecule has 0 atom stereocenters. The van der Waals surface area contributed by atoms with Crippen molar-refractivity contribution in [3.8, 4) is 0 Å². The van der Waals surface area contributed by atoms with E-state index in [-0.39, 0.29) is 5.97 Å². The predicted octanol–water partition coefficient (Wildman–Crippen LogP) is 2.02. The molecule has 1 aliphatic rings. The molecule has 0 radical (unpaired) electrons. The third kappa shape index (κ3) is 3.66. The molecule has 3 heteroatoms.